The van der Waals surface area contributed by atoms with Gasteiger partial charge in [-0.25, -0.2) is 0 Å². The molecule has 3 nitrogen and oxygen atoms in total. The number of allylic oxidation sites excluding steroid dienone is 1. The van der Waals surface area contributed by atoms with E-state index >= 15 is 0 Å². The Morgan fingerprint density at radius 2 is 1.82 bits per heavy atom. The molecule has 0 amide bonds. The van der Waals surface area contributed by atoms with E-state index in [4.69, 9.17) is 4.74 Å². The van der Waals surface area contributed by atoms with E-state index in [1.165, 1.54) is 0 Å². The van der Waals surface area contributed by atoms with Crippen molar-refractivity contribution in [3.8, 4) is 0 Å². The maximum atomic E-state index is 12.7. The van der Waals surface area contributed by atoms with E-state index in [0.29, 0.717) is 18.4 Å². The molecule has 0 saturated heterocycles. The van der Waals surface area contributed by atoms with Gasteiger partial charge in [-0.2, -0.15) is 0 Å². The molecule has 0 heterocycles. The topological polar surface area (TPSA) is 43.4 Å². The molecule has 0 aliphatic heterocycles. The summed E-state index contributed by atoms with van der Waals surface area (Å²) in [6, 6.07) is 9.25. The second kappa shape index (κ2) is 6.47. The maximum Gasteiger partial charge on any atom is 0.309 e. The van der Waals surface area contributed by atoms with Gasteiger partial charge in [-0.3, -0.25) is 9.59 Å². The molecule has 3 atom stereocenters. The average Bonchev–Trinajstić information content (AvgIpc) is 2.90. The minimum atomic E-state index is -0.498. The van der Waals surface area contributed by atoms with Crippen LogP contribution in [0.2, 0.25) is 0 Å². The predicted molar refractivity (Wildman–Crippen MR) is 86.5 cm³/mol. The molecule has 22 heavy (non-hydrogen) atoms. The molecule has 1 aromatic carbocycles. The van der Waals surface area contributed by atoms with Gasteiger partial charge in [-0.05, 0) is 39.5 Å². The van der Waals surface area contributed by atoms with Gasteiger partial charge in [0.2, 0.25) is 0 Å². The van der Waals surface area contributed by atoms with E-state index in [2.05, 4.69) is 6.58 Å². The number of ether oxygens (including phenoxy) is 1. The normalized spacial score (nSPS) is 24.8. The number of esters is 1. The number of Topliss-reactive ketones (excluding diaryl/α,β-unsaturated/α-hetero) is 1. The molecule has 1 aromatic rings. The highest BCUT2D eigenvalue weighted by Crippen LogP contribution is 2.40. The second-order valence-corrected chi connectivity index (χ2v) is 6.94. The first-order valence-corrected chi connectivity index (χ1v) is 7.76. The zero-order chi connectivity index (χ0) is 16.3. The van der Waals surface area contributed by atoms with Gasteiger partial charge in [0.05, 0.1) is 5.92 Å². The zero-order valence-electron chi connectivity index (χ0n) is 13.5. The third-order valence-electron chi connectivity index (χ3n) is 4.05. The van der Waals surface area contributed by atoms with Crippen molar-refractivity contribution in [1.82, 2.24) is 0 Å². The Labute approximate surface area is 132 Å². The van der Waals surface area contributed by atoms with Crippen LogP contribution in [-0.4, -0.2) is 17.4 Å². The SMILES string of the molecule is C=C[C@@H]1C[C@@H](C(=O)OC(C)(C)C)C[C@H]1C(=O)c1ccccc1. The molecule has 118 valence electrons. The summed E-state index contributed by atoms with van der Waals surface area (Å²) in [6.45, 7) is 9.41. The van der Waals surface area contributed by atoms with Gasteiger partial charge in [0.25, 0.3) is 0 Å². The van der Waals surface area contributed by atoms with Crippen LogP contribution in [0.3, 0.4) is 0 Å². The first kappa shape index (κ1) is 16.5. The first-order valence-electron chi connectivity index (χ1n) is 7.76. The summed E-state index contributed by atoms with van der Waals surface area (Å²) in [5, 5.41) is 0. The largest absolute Gasteiger partial charge is 0.460 e. The van der Waals surface area contributed by atoms with E-state index in [1.54, 1.807) is 6.08 Å². The van der Waals surface area contributed by atoms with Crippen LogP contribution < -0.4 is 0 Å². The quantitative estimate of drug-likeness (QED) is 0.479. The van der Waals surface area contributed by atoms with Gasteiger partial charge in [0.15, 0.2) is 5.78 Å². The van der Waals surface area contributed by atoms with E-state index in [0.717, 1.165) is 0 Å². The van der Waals surface area contributed by atoms with Gasteiger partial charge in [-0.1, -0.05) is 36.4 Å². The summed E-state index contributed by atoms with van der Waals surface area (Å²) in [7, 11) is 0. The molecule has 0 radical (unpaired) electrons. The predicted octanol–water partition coefficient (Wildman–Crippen LogP) is 4.04. The molecule has 0 unspecified atom stereocenters. The van der Waals surface area contributed by atoms with Crippen LogP contribution in [0, 0.1) is 17.8 Å². The molecule has 1 fully saturated rings. The Morgan fingerprint density at radius 1 is 1.18 bits per heavy atom. The Kier molecular flexibility index (Phi) is 4.84. The van der Waals surface area contributed by atoms with E-state index in [1.807, 2.05) is 51.1 Å². The van der Waals surface area contributed by atoms with Crippen LogP contribution in [0.25, 0.3) is 0 Å². The molecule has 0 aromatic heterocycles. The minimum absolute atomic E-state index is 0.0326. The highest BCUT2D eigenvalue weighted by Gasteiger charge is 2.41. The lowest BCUT2D eigenvalue weighted by Gasteiger charge is -2.22. The number of benzene rings is 1. The highest BCUT2D eigenvalue weighted by molar-refractivity contribution is 5.98. The smallest absolute Gasteiger partial charge is 0.309 e. The fraction of sp³-hybridized carbons (Fsp3) is 0.474. The Hall–Kier alpha value is -1.90. The van der Waals surface area contributed by atoms with Crippen LogP contribution in [-0.2, 0) is 9.53 Å². The van der Waals surface area contributed by atoms with Crippen molar-refractivity contribution in [2.24, 2.45) is 17.8 Å². The standard InChI is InChI=1S/C19H24O3/c1-5-13-11-15(18(21)22-19(2,3)4)12-16(13)17(20)14-9-7-6-8-10-14/h5-10,13,15-16H,1,11-12H2,2-4H3/t13-,15-,16-/m1/s1. The molecule has 1 saturated carbocycles. The highest BCUT2D eigenvalue weighted by atomic mass is 16.6. The third-order valence-corrected chi connectivity index (χ3v) is 4.05. The van der Waals surface area contributed by atoms with Crippen LogP contribution in [0.5, 0.6) is 0 Å². The lowest BCUT2D eigenvalue weighted by atomic mass is 9.88. The summed E-state index contributed by atoms with van der Waals surface area (Å²) >= 11 is 0. The lowest BCUT2D eigenvalue weighted by molar-refractivity contribution is -0.159. The summed E-state index contributed by atoms with van der Waals surface area (Å²) < 4.78 is 5.46. The summed E-state index contributed by atoms with van der Waals surface area (Å²) in [4.78, 5) is 24.9. The number of ketones is 1. The fourth-order valence-electron chi connectivity index (χ4n) is 3.03. The molecule has 0 spiro atoms. The van der Waals surface area contributed by atoms with E-state index in [9.17, 15) is 9.59 Å². The van der Waals surface area contributed by atoms with Gasteiger partial charge >= 0.3 is 5.97 Å². The fourth-order valence-corrected chi connectivity index (χ4v) is 3.03. The lowest BCUT2D eigenvalue weighted by Crippen LogP contribution is -2.28. The van der Waals surface area contributed by atoms with Gasteiger partial charge in [0, 0.05) is 11.5 Å². The van der Waals surface area contributed by atoms with Crippen molar-refractivity contribution in [2.75, 3.05) is 0 Å². The molecule has 2 rings (SSSR count). The number of hydrogen-bond donors (Lipinski definition) is 0. The summed E-state index contributed by atoms with van der Waals surface area (Å²) in [5.74, 6) is -0.484. The number of carbonyl (C=O) groups excluding carboxylic acids is 2. The van der Waals surface area contributed by atoms with Crippen molar-refractivity contribution in [2.45, 2.75) is 39.2 Å². The summed E-state index contributed by atoms with van der Waals surface area (Å²) in [5.41, 5.74) is 0.201. The number of rotatable bonds is 4. The van der Waals surface area contributed by atoms with E-state index < -0.39 is 5.60 Å². The Balaban J connectivity index is 2.11. The first-order chi connectivity index (χ1) is 10.3. The van der Waals surface area contributed by atoms with Gasteiger partial charge in [-0.15, -0.1) is 6.58 Å². The van der Waals surface area contributed by atoms with Crippen LogP contribution >= 0.6 is 0 Å². The summed E-state index contributed by atoms with van der Waals surface area (Å²) in [6.07, 6.45) is 2.98. The van der Waals surface area contributed by atoms with Crippen molar-refractivity contribution >= 4 is 11.8 Å². The number of carbonyl (C=O) groups is 2. The molecular formula is C19H24O3. The Bertz CT molecular complexity index is 554. The minimum Gasteiger partial charge on any atom is -0.460 e. The molecule has 1 aliphatic carbocycles. The van der Waals surface area contributed by atoms with Crippen molar-refractivity contribution in [3.05, 3.63) is 48.6 Å². The van der Waals surface area contributed by atoms with Gasteiger partial charge < -0.3 is 4.74 Å². The van der Waals surface area contributed by atoms with Crippen molar-refractivity contribution in [1.29, 1.82) is 0 Å². The maximum absolute atomic E-state index is 12.7. The third kappa shape index (κ3) is 3.85. The monoisotopic (exact) mass is 300 g/mol. The average molecular weight is 300 g/mol. The van der Waals surface area contributed by atoms with Crippen molar-refractivity contribution in [3.63, 3.8) is 0 Å². The van der Waals surface area contributed by atoms with Crippen LogP contribution in [0.1, 0.15) is 44.0 Å². The van der Waals surface area contributed by atoms with E-state index in [-0.39, 0.29) is 29.5 Å². The second-order valence-electron chi connectivity index (χ2n) is 6.94. The van der Waals surface area contributed by atoms with Gasteiger partial charge in [0.1, 0.15) is 5.60 Å². The van der Waals surface area contributed by atoms with Crippen LogP contribution in [0.4, 0.5) is 0 Å². The molecule has 1 aliphatic rings. The number of hydrogen-bond acceptors (Lipinski definition) is 3. The molecular weight excluding hydrogens is 276 g/mol. The van der Waals surface area contributed by atoms with Crippen LogP contribution in [0.15, 0.2) is 43.0 Å². The Morgan fingerprint density at radius 3 is 2.36 bits per heavy atom. The zero-order valence-corrected chi connectivity index (χ0v) is 13.5. The molecule has 0 N–H and O–H groups in total. The van der Waals surface area contributed by atoms with Crippen molar-refractivity contribution < 1.29 is 14.3 Å². The molecule has 0 bridgehead atoms. The molecule has 3 heteroatoms.